The van der Waals surface area contributed by atoms with Crippen LogP contribution in [0.15, 0.2) is 65.6 Å². The van der Waals surface area contributed by atoms with Crippen molar-refractivity contribution in [3.8, 4) is 6.07 Å². The van der Waals surface area contributed by atoms with Gasteiger partial charge in [0.15, 0.2) is 0 Å². The first-order valence-electron chi connectivity index (χ1n) is 11.6. The highest BCUT2D eigenvalue weighted by atomic mass is 32.2. The molecule has 1 N–H and O–H groups in total. The monoisotopic (exact) mass is 487 g/mol. The largest absolute Gasteiger partial charge is 0.354 e. The van der Waals surface area contributed by atoms with Crippen molar-refractivity contribution in [1.82, 2.24) is 9.62 Å². The van der Waals surface area contributed by atoms with E-state index < -0.39 is 16.1 Å². The highest BCUT2D eigenvalue weighted by molar-refractivity contribution is 7.89. The van der Waals surface area contributed by atoms with E-state index in [0.29, 0.717) is 36.1 Å². The van der Waals surface area contributed by atoms with Gasteiger partial charge in [0.1, 0.15) is 6.04 Å². The van der Waals surface area contributed by atoms with E-state index >= 15 is 0 Å². The molecule has 0 bridgehead atoms. The predicted octanol–water partition coefficient (Wildman–Crippen LogP) is 3.96. The van der Waals surface area contributed by atoms with E-state index in [1.54, 1.807) is 26.0 Å². The lowest BCUT2D eigenvalue weighted by Gasteiger charge is -2.35. The summed E-state index contributed by atoms with van der Waals surface area (Å²) in [4.78, 5) is 13.6. The predicted molar refractivity (Wildman–Crippen MR) is 135 cm³/mol. The second-order valence-corrected chi connectivity index (χ2v) is 10.9. The third-order valence-corrected chi connectivity index (χ3v) is 8.64. The Morgan fingerprint density at radius 3 is 2.29 bits per heavy atom. The van der Waals surface area contributed by atoms with E-state index in [1.165, 1.54) is 4.31 Å². The minimum atomic E-state index is -3.92. The van der Waals surface area contributed by atoms with Crippen LogP contribution in [-0.4, -0.2) is 31.2 Å². The summed E-state index contributed by atoms with van der Waals surface area (Å²) in [6.07, 6.45) is 0.908. The molecule has 0 aromatic heterocycles. The number of hydrogen-bond donors (Lipinski definition) is 1. The molecule has 1 amide bonds. The maximum atomic E-state index is 13.9. The minimum Gasteiger partial charge on any atom is -0.354 e. The van der Waals surface area contributed by atoms with Crippen LogP contribution in [0.3, 0.4) is 0 Å². The number of carbonyl (C=O) groups excluding carboxylic acids is 1. The number of aryl methyl sites for hydroxylation is 3. The molecule has 1 aliphatic heterocycles. The Bertz CT molecular complexity index is 1380. The SMILES string of the molecule is Cc1cc(C)c(S(=O)(=O)N2Cc3ccccc3CC2C(=O)NCCc2ccc(C#N)cc2)c(C)c1. The number of nitrogens with one attached hydrogen (secondary N) is 1. The summed E-state index contributed by atoms with van der Waals surface area (Å²) >= 11 is 0. The smallest absolute Gasteiger partial charge is 0.244 e. The lowest BCUT2D eigenvalue weighted by atomic mass is 9.95. The number of rotatable bonds is 6. The fraction of sp³-hybridized carbons (Fsp3) is 0.286. The Labute approximate surface area is 207 Å². The van der Waals surface area contributed by atoms with Gasteiger partial charge in [0.2, 0.25) is 15.9 Å². The molecule has 1 aliphatic rings. The average molecular weight is 488 g/mol. The molecule has 3 aromatic carbocycles. The second-order valence-electron chi connectivity index (χ2n) is 9.12. The van der Waals surface area contributed by atoms with E-state index in [9.17, 15) is 13.2 Å². The van der Waals surface area contributed by atoms with Gasteiger partial charge in [-0.05, 0) is 73.6 Å². The Morgan fingerprint density at radius 2 is 1.66 bits per heavy atom. The molecule has 35 heavy (non-hydrogen) atoms. The molecule has 0 saturated heterocycles. The van der Waals surface area contributed by atoms with Gasteiger partial charge in [0.05, 0.1) is 16.5 Å². The maximum Gasteiger partial charge on any atom is 0.244 e. The molecule has 6 nitrogen and oxygen atoms in total. The van der Waals surface area contributed by atoms with Gasteiger partial charge >= 0.3 is 0 Å². The number of sulfonamides is 1. The van der Waals surface area contributed by atoms with Crippen LogP contribution >= 0.6 is 0 Å². The van der Waals surface area contributed by atoms with Gasteiger partial charge in [-0.1, -0.05) is 54.1 Å². The number of fused-ring (bicyclic) bond motifs is 1. The van der Waals surface area contributed by atoms with Gasteiger partial charge in [0.25, 0.3) is 0 Å². The molecule has 7 heteroatoms. The van der Waals surface area contributed by atoms with Crippen LogP contribution in [0.25, 0.3) is 0 Å². The van der Waals surface area contributed by atoms with Crippen LogP contribution in [0, 0.1) is 32.1 Å². The van der Waals surface area contributed by atoms with Gasteiger partial charge in [-0.2, -0.15) is 9.57 Å². The molecular formula is C28H29N3O3S. The number of nitrogens with zero attached hydrogens (tertiary/aromatic N) is 2. The zero-order valence-electron chi connectivity index (χ0n) is 20.2. The first-order valence-corrected chi connectivity index (χ1v) is 13.1. The summed E-state index contributed by atoms with van der Waals surface area (Å²) in [6.45, 7) is 6.07. The number of benzene rings is 3. The molecular weight excluding hydrogens is 458 g/mol. The van der Waals surface area contributed by atoms with Crippen LogP contribution in [0.4, 0.5) is 0 Å². The fourth-order valence-corrected chi connectivity index (χ4v) is 6.84. The first kappa shape index (κ1) is 24.6. The number of hydrogen-bond acceptors (Lipinski definition) is 4. The van der Waals surface area contributed by atoms with Crippen LogP contribution in [-0.2, 0) is 34.2 Å². The van der Waals surface area contributed by atoms with Crippen molar-refractivity contribution in [2.75, 3.05) is 6.54 Å². The van der Waals surface area contributed by atoms with Crippen molar-refractivity contribution in [2.45, 2.75) is 51.1 Å². The lowest BCUT2D eigenvalue weighted by Crippen LogP contribution is -2.52. The van der Waals surface area contributed by atoms with E-state index in [1.807, 2.05) is 55.5 Å². The molecule has 0 fully saturated rings. The summed E-state index contributed by atoms with van der Waals surface area (Å²) < 4.78 is 29.2. The highest BCUT2D eigenvalue weighted by Crippen LogP contribution is 2.32. The molecule has 0 radical (unpaired) electrons. The zero-order valence-corrected chi connectivity index (χ0v) is 21.0. The fourth-order valence-electron chi connectivity index (χ4n) is 4.86. The van der Waals surface area contributed by atoms with Crippen molar-refractivity contribution in [2.24, 2.45) is 0 Å². The van der Waals surface area contributed by atoms with Gasteiger partial charge in [-0.15, -0.1) is 0 Å². The van der Waals surface area contributed by atoms with Gasteiger partial charge in [0, 0.05) is 13.1 Å². The molecule has 0 spiro atoms. The molecule has 4 rings (SSSR count). The molecule has 1 heterocycles. The summed E-state index contributed by atoms with van der Waals surface area (Å²) in [7, 11) is -3.92. The number of nitriles is 1. The maximum absolute atomic E-state index is 13.9. The standard InChI is InChI=1S/C28H29N3O3S/c1-19-14-20(2)27(21(3)15-19)35(33,34)31-18-25-7-5-4-6-24(25)16-26(31)28(32)30-13-12-22-8-10-23(17-29)11-9-22/h4-11,14-15,26H,12-13,16,18H2,1-3H3,(H,30,32). The van der Waals surface area contributed by atoms with E-state index in [0.717, 1.165) is 22.3 Å². The Hall–Kier alpha value is -3.47. The molecule has 3 aromatic rings. The highest BCUT2D eigenvalue weighted by Gasteiger charge is 2.40. The Balaban J connectivity index is 1.60. The topological polar surface area (TPSA) is 90.3 Å². The van der Waals surface area contributed by atoms with Crippen LogP contribution in [0.2, 0.25) is 0 Å². The molecule has 0 saturated carbocycles. The molecule has 1 atom stereocenters. The van der Waals surface area contributed by atoms with Gasteiger partial charge in [-0.25, -0.2) is 8.42 Å². The average Bonchev–Trinajstić information content (AvgIpc) is 2.82. The van der Waals surface area contributed by atoms with Gasteiger partial charge in [-0.3, -0.25) is 4.79 Å². The second kappa shape index (κ2) is 10.0. The number of carbonyl (C=O) groups is 1. The van der Waals surface area contributed by atoms with Crippen molar-refractivity contribution in [3.05, 3.63) is 99.6 Å². The third kappa shape index (κ3) is 5.14. The Kier molecular flexibility index (Phi) is 7.06. The van der Waals surface area contributed by atoms with Crippen LogP contribution in [0.5, 0.6) is 0 Å². The molecule has 180 valence electrons. The van der Waals surface area contributed by atoms with Crippen molar-refractivity contribution in [1.29, 1.82) is 5.26 Å². The zero-order chi connectivity index (χ0) is 25.2. The quantitative estimate of drug-likeness (QED) is 0.570. The Morgan fingerprint density at radius 1 is 1.03 bits per heavy atom. The van der Waals surface area contributed by atoms with Crippen LogP contribution in [0.1, 0.15) is 38.9 Å². The molecule has 1 unspecified atom stereocenters. The summed E-state index contributed by atoms with van der Waals surface area (Å²) in [5.74, 6) is -0.306. The van der Waals surface area contributed by atoms with E-state index in [4.69, 9.17) is 5.26 Å². The van der Waals surface area contributed by atoms with Crippen LogP contribution < -0.4 is 5.32 Å². The van der Waals surface area contributed by atoms with E-state index in [2.05, 4.69) is 11.4 Å². The van der Waals surface area contributed by atoms with Crippen molar-refractivity contribution in [3.63, 3.8) is 0 Å². The third-order valence-electron chi connectivity index (χ3n) is 6.48. The minimum absolute atomic E-state index is 0.152. The normalized spacial score (nSPS) is 15.8. The first-order chi connectivity index (χ1) is 16.7. The van der Waals surface area contributed by atoms with Crippen molar-refractivity contribution >= 4 is 15.9 Å². The van der Waals surface area contributed by atoms with E-state index in [-0.39, 0.29) is 17.3 Å². The molecule has 0 aliphatic carbocycles. The lowest BCUT2D eigenvalue weighted by molar-refractivity contribution is -0.125. The van der Waals surface area contributed by atoms with Gasteiger partial charge < -0.3 is 5.32 Å². The summed E-state index contributed by atoms with van der Waals surface area (Å²) in [5, 5.41) is 11.9. The summed E-state index contributed by atoms with van der Waals surface area (Å²) in [6, 6.07) is 19.9. The number of amides is 1. The van der Waals surface area contributed by atoms with Crippen molar-refractivity contribution < 1.29 is 13.2 Å². The summed E-state index contributed by atoms with van der Waals surface area (Å²) in [5.41, 5.74) is 5.85.